The van der Waals surface area contributed by atoms with E-state index in [0.717, 1.165) is 6.54 Å². The molecule has 1 fully saturated rings. The van der Waals surface area contributed by atoms with Crippen LogP contribution in [-0.2, 0) is 9.59 Å². The van der Waals surface area contributed by atoms with E-state index in [9.17, 15) is 19.8 Å². The zero-order valence-corrected chi connectivity index (χ0v) is 18.4. The molecule has 164 valence electrons. The number of amides is 1. The monoisotopic (exact) mass is 444 g/mol. The van der Waals surface area contributed by atoms with Crippen LogP contribution in [0.2, 0.25) is 5.02 Å². The molecule has 1 amide bonds. The number of aliphatic hydroxyl groups is 1. The van der Waals surface area contributed by atoms with Crippen LogP contribution in [0.15, 0.2) is 48.0 Å². The second-order valence-corrected chi connectivity index (χ2v) is 7.99. The second-order valence-electron chi connectivity index (χ2n) is 7.55. The van der Waals surface area contributed by atoms with Crippen LogP contribution in [0.25, 0.3) is 5.76 Å². The van der Waals surface area contributed by atoms with Crippen molar-refractivity contribution in [3.8, 4) is 11.5 Å². The van der Waals surface area contributed by atoms with Crippen molar-refractivity contribution in [1.29, 1.82) is 0 Å². The molecule has 2 N–H and O–H groups in total. The first-order chi connectivity index (χ1) is 14.8. The Hall–Kier alpha value is -3.03. The number of benzene rings is 2. The summed E-state index contributed by atoms with van der Waals surface area (Å²) in [5, 5.41) is 21.6. The minimum atomic E-state index is -0.864. The maximum atomic E-state index is 13.0. The summed E-state index contributed by atoms with van der Waals surface area (Å²) in [6, 6.07) is 10.3. The molecule has 1 unspecified atom stereocenters. The van der Waals surface area contributed by atoms with E-state index in [2.05, 4.69) is 0 Å². The van der Waals surface area contributed by atoms with Crippen LogP contribution in [-0.4, -0.2) is 66.0 Å². The topological polar surface area (TPSA) is 90.3 Å². The second kappa shape index (κ2) is 9.41. The van der Waals surface area contributed by atoms with Crippen LogP contribution in [0.3, 0.4) is 0 Å². The number of carbonyl (C=O) groups excluding carboxylic acids is 2. The number of ether oxygens (including phenoxy) is 1. The summed E-state index contributed by atoms with van der Waals surface area (Å²) in [6.07, 6.45) is 0.633. The minimum Gasteiger partial charge on any atom is -0.507 e. The molecule has 2 aromatic carbocycles. The zero-order chi connectivity index (χ0) is 22.7. The van der Waals surface area contributed by atoms with E-state index in [0.29, 0.717) is 24.3 Å². The van der Waals surface area contributed by atoms with Gasteiger partial charge in [-0.05, 0) is 51.3 Å². The Labute approximate surface area is 186 Å². The molecule has 1 saturated heterocycles. The SMILES string of the molecule is COc1ccccc1C1C(=C(O)c2cc(Cl)ccc2O)C(=O)C(=O)N1CCCN(C)C. The summed E-state index contributed by atoms with van der Waals surface area (Å²) >= 11 is 6.03. The zero-order valence-electron chi connectivity index (χ0n) is 17.6. The quantitative estimate of drug-likeness (QED) is 0.386. The number of para-hydroxylation sites is 1. The molecule has 1 aliphatic heterocycles. The number of likely N-dealkylation sites (tertiary alicyclic amines) is 1. The molecular weight excluding hydrogens is 420 g/mol. The summed E-state index contributed by atoms with van der Waals surface area (Å²) in [5.41, 5.74) is 0.438. The molecule has 0 bridgehead atoms. The van der Waals surface area contributed by atoms with Gasteiger partial charge in [0, 0.05) is 17.1 Å². The van der Waals surface area contributed by atoms with Crippen molar-refractivity contribution < 1.29 is 24.5 Å². The highest BCUT2D eigenvalue weighted by Gasteiger charge is 2.47. The van der Waals surface area contributed by atoms with Crippen molar-refractivity contribution in [2.75, 3.05) is 34.3 Å². The van der Waals surface area contributed by atoms with Crippen LogP contribution in [0.1, 0.15) is 23.6 Å². The minimum absolute atomic E-state index is 0.0151. The molecule has 8 heteroatoms. The highest BCUT2D eigenvalue weighted by Crippen LogP contribution is 2.43. The molecule has 0 saturated carbocycles. The molecule has 2 aromatic rings. The molecule has 0 spiro atoms. The number of hydrogen-bond acceptors (Lipinski definition) is 6. The number of nitrogens with zero attached hydrogens (tertiary/aromatic N) is 2. The Bertz CT molecular complexity index is 1030. The highest BCUT2D eigenvalue weighted by molar-refractivity contribution is 6.46. The van der Waals surface area contributed by atoms with Gasteiger partial charge >= 0.3 is 0 Å². The van der Waals surface area contributed by atoms with Crippen LogP contribution in [0.5, 0.6) is 11.5 Å². The number of aliphatic hydroxyl groups excluding tert-OH is 1. The fraction of sp³-hybridized carbons (Fsp3) is 0.304. The number of rotatable bonds is 7. The summed E-state index contributed by atoms with van der Waals surface area (Å²) in [4.78, 5) is 29.4. The maximum absolute atomic E-state index is 13.0. The van der Waals surface area contributed by atoms with Gasteiger partial charge in [-0.25, -0.2) is 0 Å². The predicted molar refractivity (Wildman–Crippen MR) is 118 cm³/mol. The number of halogens is 1. The first-order valence-electron chi connectivity index (χ1n) is 9.81. The van der Waals surface area contributed by atoms with E-state index in [4.69, 9.17) is 16.3 Å². The number of methoxy groups -OCH3 is 1. The van der Waals surface area contributed by atoms with Crippen LogP contribution in [0, 0.1) is 0 Å². The van der Waals surface area contributed by atoms with Crippen molar-refractivity contribution >= 4 is 29.1 Å². The third-order valence-electron chi connectivity index (χ3n) is 5.19. The average molecular weight is 445 g/mol. The van der Waals surface area contributed by atoms with Crippen LogP contribution in [0.4, 0.5) is 0 Å². The Morgan fingerprint density at radius 1 is 1.19 bits per heavy atom. The molecule has 1 heterocycles. The van der Waals surface area contributed by atoms with Crippen LogP contribution >= 0.6 is 11.6 Å². The van der Waals surface area contributed by atoms with E-state index >= 15 is 0 Å². The fourth-order valence-corrected chi connectivity index (χ4v) is 3.90. The number of phenols is 1. The lowest BCUT2D eigenvalue weighted by Crippen LogP contribution is -2.32. The number of phenolic OH excluding ortho intramolecular Hbond substituents is 1. The average Bonchev–Trinajstić information content (AvgIpc) is 2.99. The van der Waals surface area contributed by atoms with Crippen molar-refractivity contribution in [2.45, 2.75) is 12.5 Å². The Morgan fingerprint density at radius 3 is 2.58 bits per heavy atom. The lowest BCUT2D eigenvalue weighted by molar-refractivity contribution is -0.140. The van der Waals surface area contributed by atoms with Gasteiger partial charge in [-0.15, -0.1) is 0 Å². The van der Waals surface area contributed by atoms with E-state index < -0.39 is 23.5 Å². The van der Waals surface area contributed by atoms with Crippen molar-refractivity contribution in [3.05, 3.63) is 64.2 Å². The van der Waals surface area contributed by atoms with Gasteiger partial charge in [0.1, 0.15) is 17.3 Å². The van der Waals surface area contributed by atoms with Crippen molar-refractivity contribution in [1.82, 2.24) is 9.80 Å². The van der Waals surface area contributed by atoms with Gasteiger partial charge in [-0.3, -0.25) is 9.59 Å². The van der Waals surface area contributed by atoms with Gasteiger partial charge < -0.3 is 24.7 Å². The van der Waals surface area contributed by atoms with Crippen molar-refractivity contribution in [3.63, 3.8) is 0 Å². The lowest BCUT2D eigenvalue weighted by atomic mass is 9.94. The van der Waals surface area contributed by atoms with E-state index in [1.54, 1.807) is 24.3 Å². The Balaban J connectivity index is 2.19. The molecule has 31 heavy (non-hydrogen) atoms. The van der Waals surface area contributed by atoms with Gasteiger partial charge in [-0.2, -0.15) is 0 Å². The predicted octanol–water partition coefficient (Wildman–Crippen LogP) is 3.43. The fourth-order valence-electron chi connectivity index (χ4n) is 3.73. The summed E-state index contributed by atoms with van der Waals surface area (Å²) in [6.45, 7) is 1.03. The molecule has 0 aliphatic carbocycles. The first-order valence-corrected chi connectivity index (χ1v) is 10.2. The third-order valence-corrected chi connectivity index (χ3v) is 5.43. The molecule has 1 atom stereocenters. The summed E-state index contributed by atoms with van der Waals surface area (Å²) < 4.78 is 5.46. The molecule has 7 nitrogen and oxygen atoms in total. The highest BCUT2D eigenvalue weighted by atomic mass is 35.5. The lowest BCUT2D eigenvalue weighted by Gasteiger charge is -2.27. The molecular formula is C23H25ClN2O5. The maximum Gasteiger partial charge on any atom is 0.295 e. The molecule has 0 aromatic heterocycles. The van der Waals surface area contributed by atoms with Gasteiger partial charge in [0.05, 0.1) is 24.3 Å². The standard InChI is InChI=1S/C23H25ClN2O5/c1-25(2)11-6-12-26-20(15-7-4-5-8-18(15)31-3)19(22(29)23(26)30)21(28)16-13-14(24)9-10-17(16)27/h4-5,7-10,13,20,27-28H,6,11-12H2,1-3H3. The smallest absolute Gasteiger partial charge is 0.295 e. The van der Waals surface area contributed by atoms with E-state index in [1.165, 1.54) is 30.2 Å². The van der Waals surface area contributed by atoms with Gasteiger partial charge in [0.2, 0.25) is 0 Å². The summed E-state index contributed by atoms with van der Waals surface area (Å²) in [5.74, 6) is -1.78. The number of hydrogen-bond donors (Lipinski definition) is 2. The number of ketones is 1. The third kappa shape index (κ3) is 4.52. The van der Waals surface area contributed by atoms with Gasteiger partial charge in [0.25, 0.3) is 11.7 Å². The van der Waals surface area contributed by atoms with Crippen LogP contribution < -0.4 is 4.74 Å². The first kappa shape index (κ1) is 22.7. The molecule has 1 aliphatic rings. The number of carbonyl (C=O) groups is 2. The normalized spacial score (nSPS) is 18.1. The molecule has 3 rings (SSSR count). The van der Waals surface area contributed by atoms with Crippen molar-refractivity contribution in [2.24, 2.45) is 0 Å². The Morgan fingerprint density at radius 2 is 1.90 bits per heavy atom. The molecule has 0 radical (unpaired) electrons. The van der Waals surface area contributed by atoms with Gasteiger partial charge in [-0.1, -0.05) is 29.8 Å². The van der Waals surface area contributed by atoms with E-state index in [1.807, 2.05) is 19.0 Å². The van der Waals surface area contributed by atoms with E-state index in [-0.39, 0.29) is 21.9 Å². The number of aromatic hydroxyl groups is 1. The number of Topliss-reactive ketones (excluding diaryl/α,β-unsaturated/α-hetero) is 1. The largest absolute Gasteiger partial charge is 0.507 e. The van der Waals surface area contributed by atoms with Gasteiger partial charge in [0.15, 0.2) is 0 Å². The summed E-state index contributed by atoms with van der Waals surface area (Å²) in [7, 11) is 5.35. The Kier molecular flexibility index (Phi) is 6.87.